The largest absolute Gasteiger partial charge is 0.476 e. The third-order valence-electron chi connectivity index (χ3n) is 3.32. The van der Waals surface area contributed by atoms with Crippen molar-refractivity contribution in [2.75, 3.05) is 30.3 Å². The summed E-state index contributed by atoms with van der Waals surface area (Å²) >= 11 is 0. The van der Waals surface area contributed by atoms with Crippen molar-refractivity contribution < 1.29 is 9.84 Å². The van der Waals surface area contributed by atoms with Crippen LogP contribution in [-0.4, -0.2) is 35.4 Å². The summed E-state index contributed by atoms with van der Waals surface area (Å²) in [4.78, 5) is 6.55. The lowest BCUT2D eigenvalue weighted by Gasteiger charge is -2.37. The quantitative estimate of drug-likeness (QED) is 0.868. The van der Waals surface area contributed by atoms with Crippen molar-refractivity contribution in [3.8, 4) is 5.88 Å². The van der Waals surface area contributed by atoms with Gasteiger partial charge in [0, 0.05) is 13.1 Å². The van der Waals surface area contributed by atoms with Gasteiger partial charge in [0.25, 0.3) is 0 Å². The molecule has 0 amide bonds. The van der Waals surface area contributed by atoms with Gasteiger partial charge in [-0.05, 0) is 38.3 Å². The lowest BCUT2D eigenvalue weighted by atomic mass is 9.95. The Balaban J connectivity index is 2.15. The standard InChI is InChI=1S/C14H23N3O2/c1-3-9-19-13-11(15)5-6-12(16-13)17-8-4-7-14(2,18)10-17/h5-6,18H,3-4,7-10,15H2,1-2H3. The van der Waals surface area contributed by atoms with Gasteiger partial charge >= 0.3 is 0 Å². The SMILES string of the molecule is CCCOc1nc(N2CCCC(C)(O)C2)ccc1N. The average Bonchev–Trinajstić information content (AvgIpc) is 2.36. The van der Waals surface area contributed by atoms with E-state index in [2.05, 4.69) is 9.88 Å². The number of pyridine rings is 1. The number of nitrogen functional groups attached to an aromatic ring is 1. The molecule has 5 nitrogen and oxygen atoms in total. The van der Waals surface area contributed by atoms with Gasteiger partial charge in [-0.25, -0.2) is 0 Å². The number of hydrogen-bond donors (Lipinski definition) is 2. The second kappa shape index (κ2) is 5.65. The summed E-state index contributed by atoms with van der Waals surface area (Å²) in [6.45, 7) is 6.02. The monoisotopic (exact) mass is 265 g/mol. The maximum atomic E-state index is 10.1. The minimum atomic E-state index is -0.647. The Morgan fingerprint density at radius 2 is 2.32 bits per heavy atom. The Bertz CT molecular complexity index is 435. The number of ether oxygens (including phenoxy) is 1. The van der Waals surface area contributed by atoms with Gasteiger partial charge in [-0.1, -0.05) is 6.92 Å². The summed E-state index contributed by atoms with van der Waals surface area (Å²) in [5.74, 6) is 1.31. The minimum Gasteiger partial charge on any atom is -0.476 e. The Morgan fingerprint density at radius 3 is 3.00 bits per heavy atom. The summed E-state index contributed by atoms with van der Waals surface area (Å²) in [7, 11) is 0. The van der Waals surface area contributed by atoms with Crippen LogP contribution in [0.2, 0.25) is 0 Å². The molecule has 0 radical (unpaired) electrons. The Kier molecular flexibility index (Phi) is 4.14. The second-order valence-electron chi connectivity index (χ2n) is 5.43. The smallest absolute Gasteiger partial charge is 0.239 e. The van der Waals surface area contributed by atoms with E-state index in [9.17, 15) is 5.11 Å². The van der Waals surface area contributed by atoms with Crippen LogP contribution in [-0.2, 0) is 0 Å². The van der Waals surface area contributed by atoms with Gasteiger partial charge < -0.3 is 20.5 Å². The van der Waals surface area contributed by atoms with Crippen LogP contribution in [0.25, 0.3) is 0 Å². The van der Waals surface area contributed by atoms with E-state index in [0.29, 0.717) is 24.7 Å². The first-order chi connectivity index (χ1) is 9.02. The molecule has 0 bridgehead atoms. The molecule has 2 rings (SSSR count). The summed E-state index contributed by atoms with van der Waals surface area (Å²) in [5, 5.41) is 10.1. The van der Waals surface area contributed by atoms with Crippen LogP contribution in [0.15, 0.2) is 12.1 Å². The van der Waals surface area contributed by atoms with Crippen molar-refractivity contribution in [1.82, 2.24) is 4.98 Å². The van der Waals surface area contributed by atoms with Gasteiger partial charge in [0.2, 0.25) is 5.88 Å². The van der Waals surface area contributed by atoms with Gasteiger partial charge in [0.1, 0.15) is 5.82 Å². The third kappa shape index (κ3) is 3.50. The van der Waals surface area contributed by atoms with Crippen LogP contribution in [0.1, 0.15) is 33.1 Å². The molecule has 2 heterocycles. The molecule has 0 spiro atoms. The number of nitrogens with two attached hydrogens (primary N) is 1. The normalized spacial score (nSPS) is 23.4. The molecule has 5 heteroatoms. The first-order valence-electron chi connectivity index (χ1n) is 6.88. The lowest BCUT2D eigenvalue weighted by Crippen LogP contribution is -2.46. The molecule has 106 valence electrons. The van der Waals surface area contributed by atoms with Crippen molar-refractivity contribution >= 4 is 11.5 Å². The Morgan fingerprint density at radius 1 is 1.53 bits per heavy atom. The van der Waals surface area contributed by atoms with Crippen molar-refractivity contribution in [2.24, 2.45) is 0 Å². The van der Waals surface area contributed by atoms with Gasteiger partial charge in [-0.3, -0.25) is 0 Å². The average molecular weight is 265 g/mol. The molecule has 19 heavy (non-hydrogen) atoms. The van der Waals surface area contributed by atoms with E-state index in [4.69, 9.17) is 10.5 Å². The Labute approximate surface area is 114 Å². The molecular weight excluding hydrogens is 242 g/mol. The highest BCUT2D eigenvalue weighted by molar-refractivity contribution is 5.54. The molecule has 1 aliphatic heterocycles. The van der Waals surface area contributed by atoms with Crippen LogP contribution in [0.4, 0.5) is 11.5 Å². The number of rotatable bonds is 4. The van der Waals surface area contributed by atoms with Gasteiger partial charge in [0.15, 0.2) is 0 Å². The first-order valence-corrected chi connectivity index (χ1v) is 6.88. The summed E-state index contributed by atoms with van der Waals surface area (Å²) in [5.41, 5.74) is 5.77. The third-order valence-corrected chi connectivity index (χ3v) is 3.32. The number of piperidine rings is 1. The molecule has 3 N–H and O–H groups in total. The molecule has 0 aliphatic carbocycles. The highest BCUT2D eigenvalue weighted by Gasteiger charge is 2.29. The molecule has 1 unspecified atom stereocenters. The highest BCUT2D eigenvalue weighted by Crippen LogP contribution is 2.28. The summed E-state index contributed by atoms with van der Waals surface area (Å²) in [6.07, 6.45) is 2.71. The van der Waals surface area contributed by atoms with E-state index in [1.54, 1.807) is 0 Å². The van der Waals surface area contributed by atoms with Crippen molar-refractivity contribution in [2.45, 2.75) is 38.7 Å². The van der Waals surface area contributed by atoms with E-state index in [0.717, 1.165) is 31.6 Å². The van der Waals surface area contributed by atoms with Crippen LogP contribution in [0, 0.1) is 0 Å². The topological polar surface area (TPSA) is 71.6 Å². The lowest BCUT2D eigenvalue weighted by molar-refractivity contribution is 0.0446. The maximum absolute atomic E-state index is 10.1. The summed E-state index contributed by atoms with van der Waals surface area (Å²) in [6, 6.07) is 3.70. The van der Waals surface area contributed by atoms with Crippen molar-refractivity contribution in [3.05, 3.63) is 12.1 Å². The maximum Gasteiger partial charge on any atom is 0.239 e. The van der Waals surface area contributed by atoms with Crippen molar-refractivity contribution in [3.63, 3.8) is 0 Å². The van der Waals surface area contributed by atoms with Crippen LogP contribution < -0.4 is 15.4 Å². The molecule has 1 atom stereocenters. The fourth-order valence-corrected chi connectivity index (χ4v) is 2.35. The van der Waals surface area contributed by atoms with Gasteiger partial charge in [0.05, 0.1) is 17.9 Å². The minimum absolute atomic E-state index is 0.490. The molecule has 1 aromatic rings. The predicted molar refractivity (Wildman–Crippen MR) is 76.5 cm³/mol. The van der Waals surface area contributed by atoms with Crippen LogP contribution in [0.3, 0.4) is 0 Å². The van der Waals surface area contributed by atoms with E-state index in [1.165, 1.54) is 0 Å². The van der Waals surface area contributed by atoms with Gasteiger partial charge in [-0.15, -0.1) is 0 Å². The molecular formula is C14H23N3O2. The fourth-order valence-electron chi connectivity index (χ4n) is 2.35. The van der Waals surface area contributed by atoms with Crippen LogP contribution in [0.5, 0.6) is 5.88 Å². The van der Waals surface area contributed by atoms with Gasteiger partial charge in [-0.2, -0.15) is 4.98 Å². The fraction of sp³-hybridized carbons (Fsp3) is 0.643. The molecule has 0 saturated carbocycles. The zero-order chi connectivity index (χ0) is 13.9. The molecule has 0 aromatic carbocycles. The number of anilines is 2. The number of aromatic nitrogens is 1. The van der Waals surface area contributed by atoms with E-state index in [1.807, 2.05) is 26.0 Å². The molecule has 1 aromatic heterocycles. The van der Waals surface area contributed by atoms with E-state index in [-0.39, 0.29) is 0 Å². The number of hydrogen-bond acceptors (Lipinski definition) is 5. The first kappa shape index (κ1) is 13.9. The second-order valence-corrected chi connectivity index (χ2v) is 5.43. The predicted octanol–water partition coefficient (Wildman–Crippen LogP) is 1.80. The number of aliphatic hydroxyl groups is 1. The molecule has 1 saturated heterocycles. The molecule has 1 fully saturated rings. The number of nitrogens with zero attached hydrogens (tertiary/aromatic N) is 2. The zero-order valence-corrected chi connectivity index (χ0v) is 11.7. The van der Waals surface area contributed by atoms with Crippen LogP contribution >= 0.6 is 0 Å². The zero-order valence-electron chi connectivity index (χ0n) is 11.7. The van der Waals surface area contributed by atoms with E-state index < -0.39 is 5.60 Å². The van der Waals surface area contributed by atoms with E-state index >= 15 is 0 Å². The number of β-amino-alcohol motifs (C(OH)–C–C–N with tert-alkyl or cyclic N) is 1. The molecule has 1 aliphatic rings. The van der Waals surface area contributed by atoms with Crippen molar-refractivity contribution in [1.29, 1.82) is 0 Å². The highest BCUT2D eigenvalue weighted by atomic mass is 16.5. The Hall–Kier alpha value is -1.49. The summed E-state index contributed by atoms with van der Waals surface area (Å²) < 4.78 is 5.54.